The minimum Gasteiger partial charge on any atom is -0.460 e. The summed E-state index contributed by atoms with van der Waals surface area (Å²) in [4.78, 5) is 25.4. The number of carbonyl (C=O) groups is 1. The highest BCUT2D eigenvalue weighted by atomic mass is 35.5. The molecule has 0 aliphatic carbocycles. The quantitative estimate of drug-likeness (QED) is 0.352. The van der Waals surface area contributed by atoms with E-state index in [2.05, 4.69) is 30.6 Å². The standard InChI is InChI=1S/C21H20ClN7O4/c1-13-6-7-17(23-10-13)26-20(31)16(11-32-9-8-30)33-21-18-19(24-12-25-21)29(28-27-18)15-5-3-2-4-14(15)22/h2-7,10,12,16,30H,8-9,11H2,1H3,(H,23,26,31). The highest BCUT2D eigenvalue weighted by Crippen LogP contribution is 2.25. The van der Waals surface area contributed by atoms with E-state index in [1.165, 1.54) is 11.0 Å². The average molecular weight is 470 g/mol. The predicted octanol–water partition coefficient (Wildman–Crippen LogP) is 1.96. The molecule has 11 nitrogen and oxygen atoms in total. The van der Waals surface area contributed by atoms with Crippen molar-refractivity contribution in [1.82, 2.24) is 29.9 Å². The van der Waals surface area contributed by atoms with Crippen LogP contribution in [0.3, 0.4) is 0 Å². The lowest BCUT2D eigenvalue weighted by Crippen LogP contribution is -2.37. The van der Waals surface area contributed by atoms with Crippen molar-refractivity contribution in [2.24, 2.45) is 0 Å². The van der Waals surface area contributed by atoms with Gasteiger partial charge in [-0.3, -0.25) is 4.79 Å². The molecule has 0 saturated heterocycles. The van der Waals surface area contributed by atoms with Crippen LogP contribution in [0.2, 0.25) is 5.02 Å². The summed E-state index contributed by atoms with van der Waals surface area (Å²) in [7, 11) is 0. The second-order valence-corrected chi connectivity index (χ2v) is 7.33. The molecule has 170 valence electrons. The summed E-state index contributed by atoms with van der Waals surface area (Å²) in [5.41, 5.74) is 2.13. The number of aromatic nitrogens is 6. The average Bonchev–Trinajstić information content (AvgIpc) is 3.25. The molecule has 4 aromatic rings. The first-order valence-corrected chi connectivity index (χ1v) is 10.3. The molecule has 0 aliphatic rings. The lowest BCUT2D eigenvalue weighted by atomic mass is 10.3. The number of aryl methyl sites for hydroxylation is 1. The molecule has 12 heteroatoms. The number of ether oxygens (including phenoxy) is 2. The number of fused-ring (bicyclic) bond motifs is 1. The number of aliphatic hydroxyl groups is 1. The van der Waals surface area contributed by atoms with Crippen LogP contribution in [-0.2, 0) is 9.53 Å². The minimum atomic E-state index is -1.11. The highest BCUT2D eigenvalue weighted by Gasteiger charge is 2.25. The van der Waals surface area contributed by atoms with E-state index >= 15 is 0 Å². The van der Waals surface area contributed by atoms with Crippen LogP contribution >= 0.6 is 11.6 Å². The topological polar surface area (TPSA) is 137 Å². The largest absolute Gasteiger partial charge is 0.460 e. The highest BCUT2D eigenvalue weighted by molar-refractivity contribution is 6.32. The third kappa shape index (κ3) is 5.22. The van der Waals surface area contributed by atoms with Crippen molar-refractivity contribution < 1.29 is 19.4 Å². The third-order valence-electron chi connectivity index (χ3n) is 4.50. The zero-order valence-corrected chi connectivity index (χ0v) is 18.3. The number of nitrogens with zero attached hydrogens (tertiary/aromatic N) is 6. The fourth-order valence-corrected chi connectivity index (χ4v) is 3.12. The van der Waals surface area contributed by atoms with Crippen LogP contribution in [0.15, 0.2) is 48.9 Å². The van der Waals surface area contributed by atoms with Gasteiger partial charge in [0.05, 0.1) is 30.5 Å². The van der Waals surface area contributed by atoms with Crippen molar-refractivity contribution >= 4 is 34.5 Å². The van der Waals surface area contributed by atoms with Crippen molar-refractivity contribution in [3.63, 3.8) is 0 Å². The summed E-state index contributed by atoms with van der Waals surface area (Å²) in [6, 6.07) is 10.6. The van der Waals surface area contributed by atoms with Gasteiger partial charge in [0.15, 0.2) is 11.2 Å². The maximum absolute atomic E-state index is 12.9. The molecule has 4 rings (SSSR count). The zero-order valence-electron chi connectivity index (χ0n) is 17.6. The Bertz CT molecular complexity index is 1250. The Morgan fingerprint density at radius 1 is 1.21 bits per heavy atom. The molecule has 1 amide bonds. The molecule has 3 heterocycles. The molecule has 0 aliphatic heterocycles. The second kappa shape index (κ2) is 10.3. The van der Waals surface area contributed by atoms with Gasteiger partial charge in [0, 0.05) is 6.20 Å². The molecule has 3 aromatic heterocycles. The van der Waals surface area contributed by atoms with Crippen molar-refractivity contribution in [1.29, 1.82) is 0 Å². The van der Waals surface area contributed by atoms with Gasteiger partial charge in [-0.05, 0) is 30.7 Å². The second-order valence-electron chi connectivity index (χ2n) is 6.92. The number of hydrogen-bond acceptors (Lipinski definition) is 9. The van der Waals surface area contributed by atoms with Crippen LogP contribution in [0.25, 0.3) is 16.9 Å². The Balaban J connectivity index is 1.61. The molecule has 0 fully saturated rings. The number of halogens is 1. The number of aliphatic hydroxyl groups excluding tert-OH is 1. The Morgan fingerprint density at radius 2 is 2.06 bits per heavy atom. The van der Waals surface area contributed by atoms with E-state index in [1.807, 2.05) is 19.1 Å². The molecule has 1 atom stereocenters. The van der Waals surface area contributed by atoms with Crippen LogP contribution < -0.4 is 10.1 Å². The number of pyridine rings is 1. The van der Waals surface area contributed by atoms with E-state index in [4.69, 9.17) is 26.2 Å². The number of rotatable bonds is 9. The molecular weight excluding hydrogens is 450 g/mol. The number of anilines is 1. The molecule has 1 unspecified atom stereocenters. The van der Waals surface area contributed by atoms with E-state index in [0.717, 1.165) is 5.56 Å². The van der Waals surface area contributed by atoms with Crippen molar-refractivity contribution in [2.45, 2.75) is 13.0 Å². The monoisotopic (exact) mass is 469 g/mol. The van der Waals surface area contributed by atoms with Gasteiger partial charge in [0.25, 0.3) is 5.91 Å². The Labute approximate surface area is 193 Å². The van der Waals surface area contributed by atoms with Crippen molar-refractivity contribution in [3.8, 4) is 11.6 Å². The van der Waals surface area contributed by atoms with E-state index in [0.29, 0.717) is 22.2 Å². The Kier molecular flexibility index (Phi) is 7.03. The third-order valence-corrected chi connectivity index (χ3v) is 4.82. The van der Waals surface area contributed by atoms with Crippen LogP contribution in [0, 0.1) is 6.92 Å². The molecule has 0 radical (unpaired) electrons. The van der Waals surface area contributed by atoms with E-state index in [-0.39, 0.29) is 31.2 Å². The van der Waals surface area contributed by atoms with E-state index in [1.54, 1.807) is 30.5 Å². The van der Waals surface area contributed by atoms with Gasteiger partial charge in [-0.2, -0.15) is 9.67 Å². The van der Waals surface area contributed by atoms with Gasteiger partial charge in [-0.25, -0.2) is 9.97 Å². The minimum absolute atomic E-state index is 0.0395. The Hall–Kier alpha value is -3.67. The molecular formula is C21H20ClN7O4. The predicted molar refractivity (Wildman–Crippen MR) is 119 cm³/mol. The van der Waals surface area contributed by atoms with Gasteiger partial charge in [0.2, 0.25) is 12.0 Å². The number of nitrogens with one attached hydrogen (secondary N) is 1. The molecule has 1 aromatic carbocycles. The first-order chi connectivity index (χ1) is 16.1. The molecule has 33 heavy (non-hydrogen) atoms. The lowest BCUT2D eigenvalue weighted by molar-refractivity contribution is -0.125. The SMILES string of the molecule is Cc1ccc(NC(=O)C(COCCO)Oc2ncnc3c2nnn3-c2ccccc2Cl)nc1. The van der Waals surface area contributed by atoms with E-state index in [9.17, 15) is 4.79 Å². The van der Waals surface area contributed by atoms with E-state index < -0.39 is 12.0 Å². The zero-order chi connectivity index (χ0) is 23.2. The summed E-state index contributed by atoms with van der Waals surface area (Å²) in [5.74, 6) is -0.101. The van der Waals surface area contributed by atoms with Gasteiger partial charge in [0.1, 0.15) is 12.1 Å². The van der Waals surface area contributed by atoms with Gasteiger partial charge < -0.3 is 19.9 Å². The number of amides is 1. The fourth-order valence-electron chi connectivity index (χ4n) is 2.90. The maximum Gasteiger partial charge on any atom is 0.269 e. The maximum atomic E-state index is 12.9. The normalized spacial score (nSPS) is 12.0. The number of para-hydroxylation sites is 1. The smallest absolute Gasteiger partial charge is 0.269 e. The number of benzene rings is 1. The first kappa shape index (κ1) is 22.5. The number of carbonyl (C=O) groups excluding carboxylic acids is 1. The van der Waals surface area contributed by atoms with Crippen LogP contribution in [-0.4, -0.2) is 66.9 Å². The van der Waals surface area contributed by atoms with Crippen LogP contribution in [0.5, 0.6) is 5.88 Å². The number of hydrogen-bond donors (Lipinski definition) is 2. The molecule has 0 saturated carbocycles. The fraction of sp³-hybridized carbons (Fsp3) is 0.238. The van der Waals surface area contributed by atoms with Gasteiger partial charge in [-0.15, -0.1) is 5.10 Å². The van der Waals surface area contributed by atoms with Crippen molar-refractivity contribution in [3.05, 3.63) is 59.5 Å². The first-order valence-electron chi connectivity index (χ1n) is 9.97. The summed E-state index contributed by atoms with van der Waals surface area (Å²) in [6.45, 7) is 1.60. The summed E-state index contributed by atoms with van der Waals surface area (Å²) in [5, 5.41) is 20.4. The lowest BCUT2D eigenvalue weighted by Gasteiger charge is -2.18. The summed E-state index contributed by atoms with van der Waals surface area (Å²) < 4.78 is 12.7. The molecule has 2 N–H and O–H groups in total. The Morgan fingerprint density at radius 3 is 2.82 bits per heavy atom. The molecule has 0 bridgehead atoms. The van der Waals surface area contributed by atoms with Gasteiger partial charge in [-0.1, -0.05) is 35.0 Å². The van der Waals surface area contributed by atoms with Crippen LogP contribution in [0.4, 0.5) is 5.82 Å². The van der Waals surface area contributed by atoms with Crippen molar-refractivity contribution in [2.75, 3.05) is 25.1 Å². The van der Waals surface area contributed by atoms with Gasteiger partial charge >= 0.3 is 0 Å². The summed E-state index contributed by atoms with van der Waals surface area (Å²) >= 11 is 6.28. The van der Waals surface area contributed by atoms with Crippen LogP contribution in [0.1, 0.15) is 5.56 Å². The molecule has 0 spiro atoms. The summed E-state index contributed by atoms with van der Waals surface area (Å²) in [6.07, 6.45) is 1.80.